The Bertz CT molecular complexity index is 474. The molecule has 0 unspecified atom stereocenters. The van der Waals surface area contributed by atoms with Crippen LogP contribution in [0.5, 0.6) is 0 Å². The van der Waals surface area contributed by atoms with Gasteiger partial charge in [0, 0.05) is 12.8 Å². The topological polar surface area (TPSA) is 77.7 Å². The van der Waals surface area contributed by atoms with Gasteiger partial charge in [-0.15, -0.1) is 0 Å². The Labute approximate surface area is 154 Å². The first kappa shape index (κ1) is 18.2. The van der Waals surface area contributed by atoms with Gasteiger partial charge in [-0.3, -0.25) is 9.59 Å². The molecule has 2 heterocycles. The van der Waals surface area contributed by atoms with Crippen LogP contribution in [0.3, 0.4) is 0 Å². The third-order valence-electron chi connectivity index (χ3n) is 6.20. The van der Waals surface area contributed by atoms with Crippen LogP contribution in [-0.2, 0) is 28.5 Å². The van der Waals surface area contributed by atoms with Crippen LogP contribution in [0.4, 0.5) is 0 Å². The third kappa shape index (κ3) is 5.19. The number of ether oxygens (including phenoxy) is 4. The zero-order valence-electron chi connectivity index (χ0n) is 15.4. The first-order valence-electron chi connectivity index (χ1n) is 10.3. The molecule has 6 nitrogen and oxygen atoms in total. The van der Waals surface area contributed by atoms with Crippen LogP contribution in [0.1, 0.15) is 64.2 Å². The number of carbonyl (C=O) groups excluding carboxylic acids is 2. The van der Waals surface area contributed by atoms with E-state index in [2.05, 4.69) is 0 Å². The summed E-state index contributed by atoms with van der Waals surface area (Å²) in [5, 5.41) is 0. The normalized spacial score (nSPS) is 37.2. The van der Waals surface area contributed by atoms with Crippen molar-refractivity contribution in [3.05, 3.63) is 0 Å². The van der Waals surface area contributed by atoms with E-state index in [4.69, 9.17) is 18.9 Å². The second-order valence-electron chi connectivity index (χ2n) is 8.36. The van der Waals surface area contributed by atoms with Crippen molar-refractivity contribution in [2.45, 2.75) is 88.6 Å². The predicted molar refractivity (Wildman–Crippen MR) is 92.4 cm³/mol. The van der Waals surface area contributed by atoms with Gasteiger partial charge >= 0.3 is 11.9 Å². The lowest BCUT2D eigenvalue weighted by molar-refractivity contribution is -0.147. The Morgan fingerprint density at radius 3 is 1.58 bits per heavy atom. The molecule has 4 rings (SSSR count). The van der Waals surface area contributed by atoms with Crippen LogP contribution in [-0.4, -0.2) is 49.6 Å². The van der Waals surface area contributed by atoms with E-state index in [-0.39, 0.29) is 11.9 Å². The van der Waals surface area contributed by atoms with Gasteiger partial charge in [0.2, 0.25) is 0 Å². The molecule has 2 saturated heterocycles. The molecule has 0 radical (unpaired) electrons. The monoisotopic (exact) mass is 366 g/mol. The lowest BCUT2D eigenvalue weighted by atomic mass is 9.90. The maximum absolute atomic E-state index is 11.8. The van der Waals surface area contributed by atoms with E-state index in [1.54, 1.807) is 0 Å². The van der Waals surface area contributed by atoms with Gasteiger partial charge in [-0.1, -0.05) is 0 Å². The van der Waals surface area contributed by atoms with E-state index < -0.39 is 0 Å². The molecule has 6 atom stereocenters. The maximum atomic E-state index is 11.8. The van der Waals surface area contributed by atoms with Crippen LogP contribution >= 0.6 is 0 Å². The Morgan fingerprint density at radius 2 is 1.15 bits per heavy atom. The van der Waals surface area contributed by atoms with Crippen molar-refractivity contribution in [1.82, 2.24) is 0 Å². The number of carbonyl (C=O) groups is 2. The second-order valence-corrected chi connectivity index (χ2v) is 8.36. The summed E-state index contributed by atoms with van der Waals surface area (Å²) in [5.74, 6) is 0.597. The summed E-state index contributed by atoms with van der Waals surface area (Å²) < 4.78 is 21.7. The fraction of sp³-hybridized carbons (Fsp3) is 0.900. The van der Waals surface area contributed by atoms with Crippen LogP contribution < -0.4 is 0 Å². The van der Waals surface area contributed by atoms with Gasteiger partial charge in [-0.05, 0) is 63.2 Å². The smallest absolute Gasteiger partial charge is 0.305 e. The number of unbranched alkanes of at least 4 members (excludes halogenated alkanes) is 1. The lowest BCUT2D eigenvalue weighted by Crippen LogP contribution is -2.20. The van der Waals surface area contributed by atoms with Gasteiger partial charge in [0.05, 0.1) is 37.6 Å². The van der Waals surface area contributed by atoms with Crippen LogP contribution in [0.2, 0.25) is 0 Å². The van der Waals surface area contributed by atoms with Crippen molar-refractivity contribution in [2.75, 3.05) is 13.2 Å². The van der Waals surface area contributed by atoms with Gasteiger partial charge in [0.15, 0.2) is 0 Å². The van der Waals surface area contributed by atoms with E-state index in [1.165, 1.54) is 0 Å². The molecule has 6 heteroatoms. The average molecular weight is 366 g/mol. The molecule has 0 amide bonds. The number of fused-ring (bicyclic) bond motifs is 2. The maximum Gasteiger partial charge on any atom is 0.305 e. The highest BCUT2D eigenvalue weighted by Gasteiger charge is 2.44. The molecule has 4 fully saturated rings. The van der Waals surface area contributed by atoms with E-state index in [9.17, 15) is 9.59 Å². The summed E-state index contributed by atoms with van der Waals surface area (Å²) in [7, 11) is 0. The molecule has 0 aromatic heterocycles. The fourth-order valence-electron chi connectivity index (χ4n) is 4.38. The van der Waals surface area contributed by atoms with E-state index in [0.29, 0.717) is 75.1 Å². The lowest BCUT2D eigenvalue weighted by Gasteiger charge is -2.18. The highest BCUT2D eigenvalue weighted by Crippen LogP contribution is 2.40. The zero-order chi connectivity index (χ0) is 17.9. The third-order valence-corrected chi connectivity index (χ3v) is 6.20. The molecule has 0 aromatic carbocycles. The van der Waals surface area contributed by atoms with Crippen LogP contribution in [0.15, 0.2) is 0 Å². The van der Waals surface area contributed by atoms with Crippen molar-refractivity contribution in [2.24, 2.45) is 11.8 Å². The first-order chi connectivity index (χ1) is 12.7. The standard InChI is InChI=1S/C20H30O6/c21-19(23-11-13-5-7-15-17(9-13)25-15)3-1-2-4-20(22)24-12-14-6-8-16-18(10-14)26-16/h13-18H,1-12H2/t13-,14-,15-,16+,17-,18+/m0/s1. The summed E-state index contributed by atoms with van der Waals surface area (Å²) in [4.78, 5) is 23.6. The van der Waals surface area contributed by atoms with Crippen LogP contribution in [0.25, 0.3) is 0 Å². The average Bonchev–Trinajstić information content (AvgIpc) is 3.55. The molecule has 2 aliphatic carbocycles. The van der Waals surface area contributed by atoms with Crippen molar-refractivity contribution in [1.29, 1.82) is 0 Å². The van der Waals surface area contributed by atoms with Crippen molar-refractivity contribution in [3.8, 4) is 0 Å². The Morgan fingerprint density at radius 1 is 0.692 bits per heavy atom. The minimum atomic E-state index is -0.154. The van der Waals surface area contributed by atoms with Gasteiger partial charge in [0.25, 0.3) is 0 Å². The molecular formula is C20H30O6. The van der Waals surface area contributed by atoms with Crippen LogP contribution in [0, 0.1) is 11.8 Å². The molecule has 0 N–H and O–H groups in total. The minimum Gasteiger partial charge on any atom is -0.465 e. The van der Waals surface area contributed by atoms with Crippen molar-refractivity contribution < 1.29 is 28.5 Å². The first-order valence-corrected chi connectivity index (χ1v) is 10.3. The van der Waals surface area contributed by atoms with E-state index >= 15 is 0 Å². The number of hydrogen-bond acceptors (Lipinski definition) is 6. The molecule has 0 aromatic rings. The van der Waals surface area contributed by atoms with Gasteiger partial charge < -0.3 is 18.9 Å². The summed E-state index contributed by atoms with van der Waals surface area (Å²) in [5.41, 5.74) is 0. The van der Waals surface area contributed by atoms with E-state index in [1.807, 2.05) is 0 Å². The van der Waals surface area contributed by atoms with Crippen molar-refractivity contribution in [3.63, 3.8) is 0 Å². The largest absolute Gasteiger partial charge is 0.465 e. The molecule has 4 aliphatic rings. The van der Waals surface area contributed by atoms with Gasteiger partial charge in [-0.25, -0.2) is 0 Å². The molecule has 26 heavy (non-hydrogen) atoms. The fourth-order valence-corrected chi connectivity index (χ4v) is 4.38. The molecule has 0 spiro atoms. The molecule has 146 valence electrons. The minimum absolute atomic E-state index is 0.154. The number of esters is 2. The summed E-state index contributed by atoms with van der Waals surface area (Å²) >= 11 is 0. The molecule has 0 bridgehead atoms. The van der Waals surface area contributed by atoms with E-state index in [0.717, 1.165) is 38.5 Å². The highest BCUT2D eigenvalue weighted by molar-refractivity contribution is 5.70. The SMILES string of the molecule is O=C(CCCCC(=O)OC[C@H]1CC[C@H]2O[C@@H]2C1)OC[C@H]1CC[C@@H]2O[C@H]2C1. The summed E-state index contributed by atoms with van der Waals surface area (Å²) in [6, 6.07) is 0. The van der Waals surface area contributed by atoms with Crippen molar-refractivity contribution >= 4 is 11.9 Å². The molecular weight excluding hydrogens is 336 g/mol. The second kappa shape index (κ2) is 8.26. The quantitative estimate of drug-likeness (QED) is 0.355. The Balaban J connectivity index is 0.992. The zero-order valence-corrected chi connectivity index (χ0v) is 15.4. The highest BCUT2D eigenvalue weighted by atomic mass is 16.6. The van der Waals surface area contributed by atoms with Gasteiger partial charge in [-0.2, -0.15) is 0 Å². The summed E-state index contributed by atoms with van der Waals surface area (Å²) in [6.07, 6.45) is 10.4. The number of hydrogen-bond donors (Lipinski definition) is 0. The molecule has 2 saturated carbocycles. The number of rotatable bonds is 9. The summed E-state index contributed by atoms with van der Waals surface area (Å²) in [6.45, 7) is 1.03. The Kier molecular flexibility index (Phi) is 5.79. The Hall–Kier alpha value is -1.14. The number of epoxide rings is 2. The van der Waals surface area contributed by atoms with Gasteiger partial charge in [0.1, 0.15) is 0 Å². The molecule has 2 aliphatic heterocycles. The predicted octanol–water partition coefficient (Wildman–Crippen LogP) is 2.77.